The highest BCUT2D eigenvalue weighted by Crippen LogP contribution is 2.66. The Morgan fingerprint density at radius 1 is 1.14 bits per heavy atom. The van der Waals surface area contributed by atoms with Crippen LogP contribution < -0.4 is 4.90 Å². The summed E-state index contributed by atoms with van der Waals surface area (Å²) >= 11 is 0. The number of anilines is 1. The SMILES string of the molecule is CC[C@]1(c2cc(F)ccc2F)[C@@H]2CCN(c3cnc4c(-c5ccc6ncn(C)c6c5C)[nH]nc4n3)C[C@@H]21. The average Bonchev–Trinajstić information content (AvgIpc) is 3.14. The van der Waals surface area contributed by atoms with E-state index < -0.39 is 0 Å². The second kappa shape index (κ2) is 7.81. The van der Waals surface area contributed by atoms with Crippen LogP contribution in [0.25, 0.3) is 33.5 Å². The largest absolute Gasteiger partial charge is 0.355 e. The van der Waals surface area contributed by atoms with Crippen LogP contribution in [-0.4, -0.2) is 42.8 Å². The van der Waals surface area contributed by atoms with Crippen LogP contribution in [0.2, 0.25) is 0 Å². The summed E-state index contributed by atoms with van der Waals surface area (Å²) in [5.74, 6) is 0.674. The highest BCUT2D eigenvalue weighted by atomic mass is 19.1. The molecule has 1 aliphatic heterocycles. The predicted octanol–water partition coefficient (Wildman–Crippen LogP) is 5.30. The number of nitrogens with one attached hydrogen (secondary N) is 1. The molecule has 1 saturated carbocycles. The summed E-state index contributed by atoms with van der Waals surface area (Å²) in [6.45, 7) is 5.69. The lowest BCUT2D eigenvalue weighted by Crippen LogP contribution is -2.32. The van der Waals surface area contributed by atoms with Crippen LogP contribution in [0.3, 0.4) is 0 Å². The molecular weight excluding hydrogens is 472 g/mol. The number of hydrogen-bond acceptors (Lipinski definition) is 5. The van der Waals surface area contributed by atoms with Gasteiger partial charge in [-0.25, -0.2) is 23.7 Å². The molecular formula is C28H27F2N7. The molecule has 2 aliphatic rings. The van der Waals surface area contributed by atoms with E-state index in [-0.39, 0.29) is 23.0 Å². The van der Waals surface area contributed by atoms with Crippen LogP contribution in [-0.2, 0) is 12.5 Å². The summed E-state index contributed by atoms with van der Waals surface area (Å²) in [6.07, 6.45) is 5.31. The molecule has 7 rings (SSSR count). The average molecular weight is 500 g/mol. The molecule has 7 nitrogen and oxygen atoms in total. The topological polar surface area (TPSA) is 75.5 Å². The van der Waals surface area contributed by atoms with Gasteiger partial charge < -0.3 is 9.47 Å². The smallest absolute Gasteiger partial charge is 0.202 e. The summed E-state index contributed by atoms with van der Waals surface area (Å²) in [5, 5.41) is 7.64. The summed E-state index contributed by atoms with van der Waals surface area (Å²) in [7, 11) is 1.99. The van der Waals surface area contributed by atoms with Gasteiger partial charge in [0.15, 0.2) is 0 Å². The minimum Gasteiger partial charge on any atom is -0.355 e. The maximum Gasteiger partial charge on any atom is 0.202 e. The number of benzene rings is 2. The fourth-order valence-electron chi connectivity index (χ4n) is 6.99. The van der Waals surface area contributed by atoms with Gasteiger partial charge in [-0.2, -0.15) is 5.10 Å². The Balaban J connectivity index is 1.20. The number of piperidine rings is 1. The van der Waals surface area contributed by atoms with Crippen molar-refractivity contribution < 1.29 is 8.78 Å². The van der Waals surface area contributed by atoms with E-state index in [0.717, 1.165) is 65.1 Å². The van der Waals surface area contributed by atoms with Gasteiger partial charge in [0.25, 0.3) is 0 Å². The standard InChI is InChI=1S/C28H27F2N7/c1-4-28(19-11-16(29)5-7-21(19)30)18-9-10-37(13-20(18)28)23-12-31-25-24(34-35-27(25)33-23)17-6-8-22-26(15(17)2)36(3)14-32-22/h5-8,11-12,14,18,20H,4,9-10,13H2,1-3H3,(H,33,34,35)/t18-,20+,28-/m1/s1. The first-order valence-electron chi connectivity index (χ1n) is 12.7. The van der Waals surface area contributed by atoms with Crippen molar-refractivity contribution >= 4 is 28.0 Å². The fraction of sp³-hybridized carbons (Fsp3) is 0.357. The molecule has 9 heteroatoms. The molecule has 0 amide bonds. The van der Waals surface area contributed by atoms with Crippen LogP contribution in [0.1, 0.15) is 30.9 Å². The Hall–Kier alpha value is -3.88. The number of halogens is 2. The minimum absolute atomic E-state index is 0.253. The van der Waals surface area contributed by atoms with Crippen LogP contribution in [0.4, 0.5) is 14.6 Å². The van der Waals surface area contributed by atoms with E-state index in [1.807, 2.05) is 30.1 Å². The highest BCUT2D eigenvalue weighted by Gasteiger charge is 2.66. The number of rotatable bonds is 4. The van der Waals surface area contributed by atoms with E-state index >= 15 is 0 Å². The quantitative estimate of drug-likeness (QED) is 0.363. The van der Waals surface area contributed by atoms with E-state index in [0.29, 0.717) is 17.1 Å². The monoisotopic (exact) mass is 499 g/mol. The van der Waals surface area contributed by atoms with Crippen molar-refractivity contribution in [2.24, 2.45) is 18.9 Å². The number of aryl methyl sites for hydroxylation is 2. The molecule has 0 unspecified atom stereocenters. The van der Waals surface area contributed by atoms with E-state index in [4.69, 9.17) is 9.97 Å². The second-order valence-electron chi connectivity index (χ2n) is 10.4. The molecule has 1 saturated heterocycles. The van der Waals surface area contributed by atoms with Crippen molar-refractivity contribution in [3.05, 3.63) is 65.6 Å². The number of nitrogens with zero attached hydrogens (tertiary/aromatic N) is 6. The van der Waals surface area contributed by atoms with Gasteiger partial charge in [0.05, 0.1) is 29.3 Å². The van der Waals surface area contributed by atoms with Gasteiger partial charge in [-0.3, -0.25) is 5.10 Å². The summed E-state index contributed by atoms with van der Waals surface area (Å²) in [5.41, 5.74) is 6.46. The Morgan fingerprint density at radius 2 is 2.00 bits per heavy atom. The molecule has 2 fully saturated rings. The zero-order valence-corrected chi connectivity index (χ0v) is 21.0. The van der Waals surface area contributed by atoms with Crippen LogP contribution in [0, 0.1) is 30.4 Å². The van der Waals surface area contributed by atoms with Gasteiger partial charge in [-0.1, -0.05) is 13.0 Å². The highest BCUT2D eigenvalue weighted by molar-refractivity contribution is 5.94. The Morgan fingerprint density at radius 3 is 2.84 bits per heavy atom. The van der Waals surface area contributed by atoms with Crippen LogP contribution in [0.15, 0.2) is 42.9 Å². The lowest BCUT2D eigenvalue weighted by atomic mass is 9.88. The summed E-state index contributed by atoms with van der Waals surface area (Å²) < 4.78 is 30.8. The number of fused-ring (bicyclic) bond motifs is 3. The van der Waals surface area contributed by atoms with Crippen molar-refractivity contribution in [2.45, 2.75) is 32.1 Å². The minimum atomic E-state index is -0.381. The molecule has 3 atom stereocenters. The zero-order valence-electron chi connectivity index (χ0n) is 21.0. The molecule has 5 aromatic rings. The summed E-state index contributed by atoms with van der Waals surface area (Å²) in [6, 6.07) is 7.89. The normalized spacial score (nSPS) is 23.1. The fourth-order valence-corrected chi connectivity index (χ4v) is 6.99. The maximum absolute atomic E-state index is 14.8. The van der Waals surface area contributed by atoms with Gasteiger partial charge in [-0.15, -0.1) is 0 Å². The van der Waals surface area contributed by atoms with Gasteiger partial charge in [0.1, 0.15) is 23.0 Å². The molecule has 3 aromatic heterocycles. The van der Waals surface area contributed by atoms with Crippen LogP contribution in [0.5, 0.6) is 0 Å². The van der Waals surface area contributed by atoms with E-state index in [1.54, 1.807) is 6.20 Å². The molecule has 188 valence electrons. The van der Waals surface area contributed by atoms with Crippen LogP contribution >= 0.6 is 0 Å². The lowest BCUT2D eigenvalue weighted by Gasteiger charge is -2.26. The van der Waals surface area contributed by atoms with Crippen molar-refractivity contribution in [3.63, 3.8) is 0 Å². The molecule has 1 aliphatic carbocycles. The number of imidazole rings is 1. The number of H-pyrrole nitrogens is 1. The molecule has 1 N–H and O–H groups in total. The molecule has 0 bridgehead atoms. The molecule has 2 aromatic carbocycles. The third-order valence-corrected chi connectivity index (χ3v) is 8.82. The third-order valence-electron chi connectivity index (χ3n) is 8.82. The number of aromatic nitrogens is 6. The predicted molar refractivity (Wildman–Crippen MR) is 138 cm³/mol. The van der Waals surface area contributed by atoms with Crippen molar-refractivity contribution in [1.82, 2.24) is 29.7 Å². The number of hydrogen-bond donors (Lipinski definition) is 1. The third kappa shape index (κ3) is 3.09. The van der Waals surface area contributed by atoms with E-state index in [2.05, 4.69) is 33.9 Å². The number of aromatic amines is 1. The maximum atomic E-state index is 14.8. The van der Waals surface area contributed by atoms with Gasteiger partial charge in [0, 0.05) is 31.1 Å². The van der Waals surface area contributed by atoms with Crippen molar-refractivity contribution in [3.8, 4) is 11.3 Å². The Bertz CT molecular complexity index is 1690. The molecule has 0 radical (unpaired) electrons. The zero-order chi connectivity index (χ0) is 25.5. The van der Waals surface area contributed by atoms with E-state index in [9.17, 15) is 8.78 Å². The molecule has 0 spiro atoms. The van der Waals surface area contributed by atoms with Gasteiger partial charge in [-0.05, 0) is 67.0 Å². The van der Waals surface area contributed by atoms with Gasteiger partial charge in [0.2, 0.25) is 5.65 Å². The van der Waals surface area contributed by atoms with E-state index in [1.165, 1.54) is 18.2 Å². The Kier molecular flexibility index (Phi) is 4.71. The Labute approximate surface area is 212 Å². The second-order valence-corrected chi connectivity index (χ2v) is 10.4. The summed E-state index contributed by atoms with van der Waals surface area (Å²) in [4.78, 5) is 16.3. The first-order chi connectivity index (χ1) is 17.9. The molecule has 37 heavy (non-hydrogen) atoms. The first-order valence-corrected chi connectivity index (χ1v) is 12.7. The lowest BCUT2D eigenvalue weighted by molar-refractivity contribution is 0.507. The molecule has 4 heterocycles. The van der Waals surface area contributed by atoms with Gasteiger partial charge >= 0.3 is 0 Å². The van der Waals surface area contributed by atoms with Crippen molar-refractivity contribution in [1.29, 1.82) is 0 Å². The first kappa shape index (κ1) is 22.3. The van der Waals surface area contributed by atoms with Crippen molar-refractivity contribution in [2.75, 3.05) is 18.0 Å².